The van der Waals surface area contributed by atoms with E-state index in [1.807, 2.05) is 11.3 Å². The van der Waals surface area contributed by atoms with Crippen molar-refractivity contribution in [3.8, 4) is 0 Å². The molecule has 0 bridgehead atoms. The van der Waals surface area contributed by atoms with Crippen LogP contribution in [0.15, 0.2) is 17.3 Å². The first-order valence-electron chi connectivity index (χ1n) is 5.45. The van der Waals surface area contributed by atoms with Gasteiger partial charge in [0.25, 0.3) is 0 Å². The number of nitrogens with two attached hydrogens (primary N) is 1. The first-order chi connectivity index (χ1) is 7.72. The van der Waals surface area contributed by atoms with Gasteiger partial charge in [-0.15, -0.1) is 11.3 Å². The number of aryl methyl sites for hydroxylation is 1. The van der Waals surface area contributed by atoms with E-state index in [9.17, 15) is 0 Å². The van der Waals surface area contributed by atoms with Crippen LogP contribution in [-0.4, -0.2) is 17.6 Å². The maximum Gasteiger partial charge on any atom is 0.139 e. The fraction of sp³-hybridized carbons (Fsp3) is 0.545. The van der Waals surface area contributed by atoms with E-state index in [0.29, 0.717) is 12.3 Å². The number of oxime groups is 1. The lowest BCUT2D eigenvalue weighted by atomic mass is 10.2. The molecular weight excluding hydrogens is 222 g/mol. The molecule has 5 heteroatoms. The Morgan fingerprint density at radius 2 is 2.31 bits per heavy atom. The van der Waals surface area contributed by atoms with Crippen molar-refractivity contribution >= 4 is 17.2 Å². The average Bonchev–Trinajstić information content (AvgIpc) is 2.69. The maximum absolute atomic E-state index is 8.34. The Bertz CT molecular complexity index is 336. The Hall–Kier alpha value is -1.07. The molecule has 0 radical (unpaired) electrons. The van der Waals surface area contributed by atoms with Gasteiger partial charge in [-0.3, -0.25) is 0 Å². The lowest BCUT2D eigenvalue weighted by Gasteiger charge is -2.02. The van der Waals surface area contributed by atoms with E-state index >= 15 is 0 Å². The van der Waals surface area contributed by atoms with Crippen LogP contribution < -0.4 is 11.1 Å². The molecule has 90 valence electrons. The second-order valence-electron chi connectivity index (χ2n) is 3.74. The molecule has 1 aromatic rings. The fourth-order valence-corrected chi connectivity index (χ4v) is 2.26. The van der Waals surface area contributed by atoms with Crippen LogP contribution in [0.3, 0.4) is 0 Å². The number of thiophene rings is 1. The Morgan fingerprint density at radius 1 is 1.50 bits per heavy atom. The normalized spacial score (nSPS) is 11.9. The molecule has 0 aromatic carbocycles. The molecule has 0 amide bonds. The molecule has 0 atom stereocenters. The van der Waals surface area contributed by atoms with Crippen LogP contribution in [0.4, 0.5) is 0 Å². The van der Waals surface area contributed by atoms with E-state index in [1.165, 1.54) is 9.75 Å². The van der Waals surface area contributed by atoms with Crippen LogP contribution in [0.25, 0.3) is 0 Å². The number of unbranched alkanes of at least 4 members (excludes halogenated alkanes) is 1. The molecule has 1 rings (SSSR count). The van der Waals surface area contributed by atoms with Crippen molar-refractivity contribution in [1.29, 1.82) is 0 Å². The predicted molar refractivity (Wildman–Crippen MR) is 68.0 cm³/mol. The summed E-state index contributed by atoms with van der Waals surface area (Å²) in [5.41, 5.74) is 5.36. The van der Waals surface area contributed by atoms with Gasteiger partial charge in [0.05, 0.1) is 0 Å². The molecule has 0 aliphatic carbocycles. The van der Waals surface area contributed by atoms with Crippen LogP contribution in [-0.2, 0) is 6.54 Å². The molecule has 4 N–H and O–H groups in total. The van der Waals surface area contributed by atoms with Crippen molar-refractivity contribution < 1.29 is 5.21 Å². The molecule has 1 aromatic heterocycles. The number of nitrogens with one attached hydrogen (secondary N) is 1. The molecule has 0 saturated carbocycles. The van der Waals surface area contributed by atoms with Crippen molar-refractivity contribution in [2.75, 3.05) is 6.54 Å². The standard InChI is InChI=1S/C11H19N3OS/c1-9-5-6-10(16-9)8-13-7-3-2-4-11(12)14-15/h5-6,13,15H,2-4,7-8H2,1H3,(H2,12,14). The number of rotatable bonds is 7. The molecule has 0 fully saturated rings. The highest BCUT2D eigenvalue weighted by molar-refractivity contribution is 7.11. The Kier molecular flexibility index (Phi) is 5.88. The largest absolute Gasteiger partial charge is 0.409 e. The first kappa shape index (κ1) is 13.0. The quantitative estimate of drug-likeness (QED) is 0.225. The topological polar surface area (TPSA) is 70.6 Å². The van der Waals surface area contributed by atoms with Crippen LogP contribution in [0.2, 0.25) is 0 Å². The van der Waals surface area contributed by atoms with Gasteiger partial charge in [0.1, 0.15) is 5.84 Å². The second kappa shape index (κ2) is 7.24. The molecule has 0 aliphatic rings. The Morgan fingerprint density at radius 3 is 2.94 bits per heavy atom. The van der Waals surface area contributed by atoms with Gasteiger partial charge >= 0.3 is 0 Å². The van der Waals surface area contributed by atoms with Crippen LogP contribution in [0.5, 0.6) is 0 Å². The number of amidine groups is 1. The number of hydrogen-bond donors (Lipinski definition) is 3. The third-order valence-corrected chi connectivity index (χ3v) is 3.26. The van der Waals surface area contributed by atoms with Gasteiger partial charge in [0, 0.05) is 22.7 Å². The van der Waals surface area contributed by atoms with Crippen molar-refractivity contribution in [1.82, 2.24) is 5.32 Å². The van der Waals surface area contributed by atoms with Crippen LogP contribution in [0.1, 0.15) is 29.0 Å². The molecule has 16 heavy (non-hydrogen) atoms. The van der Waals surface area contributed by atoms with Gasteiger partial charge in [0.2, 0.25) is 0 Å². The minimum atomic E-state index is 0.314. The van der Waals surface area contributed by atoms with Crippen molar-refractivity contribution in [2.45, 2.75) is 32.7 Å². The highest BCUT2D eigenvalue weighted by Gasteiger charge is 1.96. The Balaban J connectivity index is 2.00. The van der Waals surface area contributed by atoms with E-state index in [4.69, 9.17) is 10.9 Å². The van der Waals surface area contributed by atoms with Crippen molar-refractivity contribution in [3.63, 3.8) is 0 Å². The molecule has 0 spiro atoms. The molecular formula is C11H19N3OS. The Labute approximate surface area is 100 Å². The molecule has 0 unspecified atom stereocenters. The number of hydrogen-bond acceptors (Lipinski definition) is 4. The summed E-state index contributed by atoms with van der Waals surface area (Å²) in [5.74, 6) is 0.314. The molecule has 1 heterocycles. The summed E-state index contributed by atoms with van der Waals surface area (Å²) < 4.78 is 0. The zero-order valence-electron chi connectivity index (χ0n) is 9.57. The van der Waals surface area contributed by atoms with Gasteiger partial charge in [-0.2, -0.15) is 0 Å². The lowest BCUT2D eigenvalue weighted by molar-refractivity contribution is 0.316. The number of nitrogens with zero attached hydrogens (tertiary/aromatic N) is 1. The summed E-state index contributed by atoms with van der Waals surface area (Å²) in [6, 6.07) is 4.30. The summed E-state index contributed by atoms with van der Waals surface area (Å²) in [6.45, 7) is 4.02. The van der Waals surface area contributed by atoms with E-state index in [1.54, 1.807) is 0 Å². The summed E-state index contributed by atoms with van der Waals surface area (Å²) in [6.07, 6.45) is 2.66. The minimum Gasteiger partial charge on any atom is -0.409 e. The van der Waals surface area contributed by atoms with Gasteiger partial charge in [-0.05, 0) is 38.4 Å². The van der Waals surface area contributed by atoms with Crippen molar-refractivity contribution in [3.05, 3.63) is 21.9 Å². The zero-order valence-corrected chi connectivity index (χ0v) is 10.4. The SMILES string of the molecule is Cc1ccc(CNCCCCC(N)=NO)s1. The predicted octanol–water partition coefficient (Wildman–Crippen LogP) is 2.06. The summed E-state index contributed by atoms with van der Waals surface area (Å²) in [7, 11) is 0. The highest BCUT2D eigenvalue weighted by atomic mass is 32.1. The van der Waals surface area contributed by atoms with Crippen LogP contribution in [0, 0.1) is 6.92 Å². The van der Waals surface area contributed by atoms with E-state index in [2.05, 4.69) is 29.5 Å². The second-order valence-corrected chi connectivity index (χ2v) is 5.11. The van der Waals surface area contributed by atoms with Gasteiger partial charge < -0.3 is 16.3 Å². The van der Waals surface area contributed by atoms with Crippen LogP contribution >= 0.6 is 11.3 Å². The highest BCUT2D eigenvalue weighted by Crippen LogP contribution is 2.14. The molecule has 4 nitrogen and oxygen atoms in total. The van der Waals surface area contributed by atoms with Gasteiger partial charge in [0.15, 0.2) is 0 Å². The summed E-state index contributed by atoms with van der Waals surface area (Å²) in [4.78, 5) is 2.72. The zero-order chi connectivity index (χ0) is 11.8. The molecule has 0 saturated heterocycles. The third-order valence-electron chi connectivity index (χ3n) is 2.26. The van der Waals surface area contributed by atoms with E-state index < -0.39 is 0 Å². The smallest absolute Gasteiger partial charge is 0.139 e. The summed E-state index contributed by atoms with van der Waals surface area (Å²) in [5, 5.41) is 14.6. The fourth-order valence-electron chi connectivity index (χ4n) is 1.40. The van der Waals surface area contributed by atoms with Gasteiger partial charge in [-0.1, -0.05) is 5.16 Å². The van der Waals surface area contributed by atoms with E-state index in [0.717, 1.165) is 25.9 Å². The third kappa shape index (κ3) is 5.14. The lowest BCUT2D eigenvalue weighted by Crippen LogP contribution is -2.15. The monoisotopic (exact) mass is 241 g/mol. The van der Waals surface area contributed by atoms with Crippen molar-refractivity contribution in [2.24, 2.45) is 10.9 Å². The summed E-state index contributed by atoms with van der Waals surface area (Å²) >= 11 is 1.83. The maximum atomic E-state index is 8.34. The minimum absolute atomic E-state index is 0.314. The van der Waals surface area contributed by atoms with E-state index in [-0.39, 0.29) is 0 Å². The average molecular weight is 241 g/mol. The first-order valence-corrected chi connectivity index (χ1v) is 6.26. The van der Waals surface area contributed by atoms with Gasteiger partial charge in [-0.25, -0.2) is 0 Å². The molecule has 0 aliphatic heterocycles.